The van der Waals surface area contributed by atoms with Gasteiger partial charge in [-0.1, -0.05) is 6.07 Å². The van der Waals surface area contributed by atoms with E-state index in [0.29, 0.717) is 31.7 Å². The van der Waals surface area contributed by atoms with E-state index in [1.54, 1.807) is 22.8 Å². The van der Waals surface area contributed by atoms with Gasteiger partial charge in [0.1, 0.15) is 5.82 Å². The molecule has 0 aliphatic carbocycles. The number of benzene rings is 1. The molecule has 0 bridgehead atoms. The Kier molecular flexibility index (Phi) is 6.11. The van der Waals surface area contributed by atoms with E-state index in [-0.39, 0.29) is 24.2 Å². The fourth-order valence-electron chi connectivity index (χ4n) is 2.22. The average Bonchev–Trinajstić information content (AvgIpc) is 2.46. The van der Waals surface area contributed by atoms with Gasteiger partial charge in [-0.25, -0.2) is 4.39 Å². The third-order valence-corrected chi connectivity index (χ3v) is 3.34. The minimum Gasteiger partial charge on any atom is -0.338 e. The second-order valence-electron chi connectivity index (χ2n) is 4.92. The smallest absolute Gasteiger partial charge is 0.254 e. The predicted octanol–water partition coefficient (Wildman–Crippen LogP) is 0.879. The van der Waals surface area contributed by atoms with Crippen LogP contribution >= 0.6 is 12.4 Å². The molecular formula is C14H19ClFN3O2. The molecule has 1 fully saturated rings. The number of piperazine rings is 1. The van der Waals surface area contributed by atoms with Crippen molar-refractivity contribution in [1.82, 2.24) is 9.80 Å². The molecule has 1 heterocycles. The molecule has 2 N–H and O–H groups in total. The lowest BCUT2D eigenvalue weighted by Gasteiger charge is -2.35. The normalized spacial score (nSPS) is 16.1. The van der Waals surface area contributed by atoms with Crippen LogP contribution in [0.4, 0.5) is 4.39 Å². The van der Waals surface area contributed by atoms with Gasteiger partial charge in [0.15, 0.2) is 0 Å². The topological polar surface area (TPSA) is 66.6 Å². The molecule has 0 aromatic heterocycles. The van der Waals surface area contributed by atoms with Crippen LogP contribution in [0.1, 0.15) is 17.3 Å². The number of hydrogen-bond acceptors (Lipinski definition) is 3. The molecule has 1 saturated heterocycles. The summed E-state index contributed by atoms with van der Waals surface area (Å²) in [6, 6.07) is 5.10. The molecule has 1 aliphatic heterocycles. The van der Waals surface area contributed by atoms with Crippen LogP contribution in [0, 0.1) is 5.82 Å². The first-order valence-corrected chi connectivity index (χ1v) is 6.58. The van der Waals surface area contributed by atoms with Crippen LogP contribution in [0.25, 0.3) is 0 Å². The standard InChI is InChI=1S/C14H18FN3O2.ClH/c1-10(16)13(19)17-5-7-18(8-6-17)14(20)11-3-2-4-12(15)9-11;/h2-4,9-10H,5-8,16H2,1H3;1H/t10-;/m1./s1. The van der Waals surface area contributed by atoms with E-state index in [4.69, 9.17) is 5.73 Å². The summed E-state index contributed by atoms with van der Waals surface area (Å²) in [5.74, 6) is -0.748. The van der Waals surface area contributed by atoms with Crippen molar-refractivity contribution in [2.24, 2.45) is 5.73 Å². The lowest BCUT2D eigenvalue weighted by molar-refractivity contribution is -0.133. The first-order chi connectivity index (χ1) is 9.49. The highest BCUT2D eigenvalue weighted by Crippen LogP contribution is 2.10. The van der Waals surface area contributed by atoms with E-state index in [9.17, 15) is 14.0 Å². The second kappa shape index (κ2) is 7.38. The van der Waals surface area contributed by atoms with Crippen LogP contribution in [0.15, 0.2) is 24.3 Å². The van der Waals surface area contributed by atoms with Crippen molar-refractivity contribution >= 4 is 24.2 Å². The lowest BCUT2D eigenvalue weighted by Crippen LogP contribution is -2.53. The lowest BCUT2D eigenvalue weighted by atomic mass is 10.1. The highest BCUT2D eigenvalue weighted by Gasteiger charge is 2.26. The molecule has 7 heteroatoms. The second-order valence-corrected chi connectivity index (χ2v) is 4.92. The fraction of sp³-hybridized carbons (Fsp3) is 0.429. The molecule has 1 aromatic carbocycles. The monoisotopic (exact) mass is 315 g/mol. The Labute approximate surface area is 129 Å². The maximum absolute atomic E-state index is 13.1. The maximum Gasteiger partial charge on any atom is 0.254 e. The van der Waals surface area contributed by atoms with Crippen LogP contribution in [0.2, 0.25) is 0 Å². The van der Waals surface area contributed by atoms with Crippen LogP contribution in [0.5, 0.6) is 0 Å². The maximum atomic E-state index is 13.1. The Hall–Kier alpha value is -1.66. The molecule has 0 unspecified atom stereocenters. The van der Waals surface area contributed by atoms with Crippen molar-refractivity contribution < 1.29 is 14.0 Å². The van der Waals surface area contributed by atoms with Gasteiger partial charge in [0.25, 0.3) is 5.91 Å². The van der Waals surface area contributed by atoms with E-state index in [1.165, 1.54) is 18.2 Å². The molecule has 0 spiro atoms. The first kappa shape index (κ1) is 17.4. The summed E-state index contributed by atoms with van der Waals surface area (Å²) in [6.07, 6.45) is 0. The molecule has 2 rings (SSSR count). The quantitative estimate of drug-likeness (QED) is 0.881. The Balaban J connectivity index is 0.00000220. The van der Waals surface area contributed by atoms with Crippen molar-refractivity contribution in [2.45, 2.75) is 13.0 Å². The van der Waals surface area contributed by atoms with Crippen molar-refractivity contribution in [3.05, 3.63) is 35.6 Å². The number of nitrogens with two attached hydrogens (primary N) is 1. The molecule has 1 aromatic rings. The van der Waals surface area contributed by atoms with Gasteiger partial charge in [0, 0.05) is 31.7 Å². The molecule has 116 valence electrons. The highest BCUT2D eigenvalue weighted by molar-refractivity contribution is 5.94. The van der Waals surface area contributed by atoms with Gasteiger partial charge >= 0.3 is 0 Å². The van der Waals surface area contributed by atoms with Gasteiger partial charge in [-0.15, -0.1) is 12.4 Å². The zero-order chi connectivity index (χ0) is 14.7. The number of rotatable bonds is 2. The van der Waals surface area contributed by atoms with E-state index < -0.39 is 11.9 Å². The Morgan fingerprint density at radius 1 is 1.19 bits per heavy atom. The predicted molar refractivity (Wildman–Crippen MR) is 79.8 cm³/mol. The number of amides is 2. The minimum absolute atomic E-state index is 0. The summed E-state index contributed by atoms with van der Waals surface area (Å²) >= 11 is 0. The van der Waals surface area contributed by atoms with Crippen LogP contribution in [-0.4, -0.2) is 53.8 Å². The Bertz CT molecular complexity index is 517. The van der Waals surface area contributed by atoms with Crippen LogP contribution in [0.3, 0.4) is 0 Å². The fourth-order valence-corrected chi connectivity index (χ4v) is 2.22. The zero-order valence-corrected chi connectivity index (χ0v) is 12.6. The molecule has 21 heavy (non-hydrogen) atoms. The van der Waals surface area contributed by atoms with Crippen LogP contribution < -0.4 is 5.73 Å². The molecule has 1 aliphatic rings. The average molecular weight is 316 g/mol. The van der Waals surface area contributed by atoms with Crippen molar-refractivity contribution in [1.29, 1.82) is 0 Å². The SMILES string of the molecule is C[C@@H](N)C(=O)N1CCN(C(=O)c2cccc(F)c2)CC1.Cl. The largest absolute Gasteiger partial charge is 0.338 e. The number of halogens is 2. The van der Waals surface area contributed by atoms with Gasteiger partial charge in [-0.3, -0.25) is 9.59 Å². The number of carbonyl (C=O) groups is 2. The molecule has 0 saturated carbocycles. The Morgan fingerprint density at radius 2 is 1.76 bits per heavy atom. The summed E-state index contributed by atoms with van der Waals surface area (Å²) in [5.41, 5.74) is 5.89. The summed E-state index contributed by atoms with van der Waals surface area (Å²) in [7, 11) is 0. The van der Waals surface area contributed by atoms with Crippen LogP contribution in [-0.2, 0) is 4.79 Å². The van der Waals surface area contributed by atoms with Gasteiger partial charge in [-0.05, 0) is 25.1 Å². The molecule has 0 radical (unpaired) electrons. The minimum atomic E-state index is -0.527. The molecule has 5 nitrogen and oxygen atoms in total. The van der Waals surface area contributed by atoms with E-state index in [1.807, 2.05) is 0 Å². The summed E-state index contributed by atoms with van der Waals surface area (Å²) in [6.45, 7) is 3.44. The van der Waals surface area contributed by atoms with Gasteiger partial charge in [0.2, 0.25) is 5.91 Å². The number of nitrogens with zero attached hydrogens (tertiary/aromatic N) is 2. The van der Waals surface area contributed by atoms with Gasteiger partial charge < -0.3 is 15.5 Å². The number of carbonyl (C=O) groups excluding carboxylic acids is 2. The first-order valence-electron chi connectivity index (χ1n) is 6.58. The summed E-state index contributed by atoms with van der Waals surface area (Å²) < 4.78 is 13.1. The van der Waals surface area contributed by atoms with E-state index in [2.05, 4.69) is 0 Å². The van der Waals surface area contributed by atoms with Gasteiger partial charge in [0.05, 0.1) is 6.04 Å². The summed E-state index contributed by atoms with van der Waals surface area (Å²) in [5, 5.41) is 0. The van der Waals surface area contributed by atoms with E-state index in [0.717, 1.165) is 0 Å². The third kappa shape index (κ3) is 4.15. The Morgan fingerprint density at radius 3 is 2.29 bits per heavy atom. The van der Waals surface area contributed by atoms with E-state index >= 15 is 0 Å². The number of hydrogen-bond donors (Lipinski definition) is 1. The molecule has 2 amide bonds. The molecule has 1 atom stereocenters. The third-order valence-electron chi connectivity index (χ3n) is 3.34. The zero-order valence-electron chi connectivity index (χ0n) is 11.8. The summed E-state index contributed by atoms with van der Waals surface area (Å²) in [4.78, 5) is 27.2. The molecular weight excluding hydrogens is 297 g/mol. The van der Waals surface area contributed by atoms with Crippen molar-refractivity contribution in [3.63, 3.8) is 0 Å². The van der Waals surface area contributed by atoms with Crippen molar-refractivity contribution in [2.75, 3.05) is 26.2 Å². The van der Waals surface area contributed by atoms with Gasteiger partial charge in [-0.2, -0.15) is 0 Å². The highest BCUT2D eigenvalue weighted by atomic mass is 35.5. The van der Waals surface area contributed by atoms with Crippen molar-refractivity contribution in [3.8, 4) is 0 Å².